The minimum atomic E-state index is -0.512. The molecule has 27 heavy (non-hydrogen) atoms. The van der Waals surface area contributed by atoms with E-state index < -0.39 is 11.9 Å². The molecule has 2 rings (SSSR count). The van der Waals surface area contributed by atoms with Crippen molar-refractivity contribution in [2.24, 2.45) is 0 Å². The molecule has 0 spiro atoms. The molecule has 0 radical (unpaired) electrons. The molecule has 140 valence electrons. The van der Waals surface area contributed by atoms with Crippen LogP contribution in [0.3, 0.4) is 0 Å². The Balaban J connectivity index is 2.37. The van der Waals surface area contributed by atoms with E-state index >= 15 is 0 Å². The molecule has 0 fully saturated rings. The summed E-state index contributed by atoms with van der Waals surface area (Å²) in [5.41, 5.74) is 0.615. The maximum absolute atomic E-state index is 11.8. The summed E-state index contributed by atoms with van der Waals surface area (Å²) in [6, 6.07) is 10.7. The quantitative estimate of drug-likeness (QED) is 0.309. The lowest BCUT2D eigenvalue weighted by Gasteiger charge is -2.14. The van der Waals surface area contributed by atoms with Crippen molar-refractivity contribution in [3.8, 4) is 11.5 Å². The summed E-state index contributed by atoms with van der Waals surface area (Å²) in [6.45, 7) is 13.6. The van der Waals surface area contributed by atoms with Gasteiger partial charge in [0, 0.05) is 21.9 Å². The summed E-state index contributed by atoms with van der Waals surface area (Å²) in [4.78, 5) is 23.5. The van der Waals surface area contributed by atoms with E-state index in [1.807, 2.05) is 24.3 Å². The van der Waals surface area contributed by atoms with Crippen LogP contribution in [-0.4, -0.2) is 11.9 Å². The highest BCUT2D eigenvalue weighted by atomic mass is 16.6. The number of ether oxygens (including phenoxy) is 3. The SMILES string of the molecule is C=C(C)C(=O)OC(C)=C(C)Oc1ccc(OC(=O)C(=C)C)c2ccccc12. The van der Waals surface area contributed by atoms with Crippen molar-refractivity contribution in [1.82, 2.24) is 0 Å². The van der Waals surface area contributed by atoms with Crippen LogP contribution in [0.5, 0.6) is 11.5 Å². The van der Waals surface area contributed by atoms with Crippen LogP contribution >= 0.6 is 0 Å². The fraction of sp³-hybridized carbons (Fsp3) is 0.182. The minimum absolute atomic E-state index is 0.302. The number of carbonyl (C=O) groups is 2. The Kier molecular flexibility index (Phi) is 6.19. The van der Waals surface area contributed by atoms with Crippen molar-refractivity contribution in [1.29, 1.82) is 0 Å². The van der Waals surface area contributed by atoms with Crippen LogP contribution in [0.2, 0.25) is 0 Å². The lowest BCUT2D eigenvalue weighted by Crippen LogP contribution is -2.09. The summed E-state index contributed by atoms with van der Waals surface area (Å²) in [5.74, 6) is 0.725. The third kappa shape index (κ3) is 4.85. The maximum atomic E-state index is 11.8. The molecular formula is C22H22O5. The molecular weight excluding hydrogens is 344 g/mol. The van der Waals surface area contributed by atoms with E-state index in [1.165, 1.54) is 0 Å². The van der Waals surface area contributed by atoms with Crippen LogP contribution < -0.4 is 9.47 Å². The van der Waals surface area contributed by atoms with Crippen LogP contribution in [-0.2, 0) is 14.3 Å². The summed E-state index contributed by atoms with van der Waals surface area (Å²) >= 11 is 0. The minimum Gasteiger partial charge on any atom is -0.458 e. The molecule has 5 nitrogen and oxygen atoms in total. The van der Waals surface area contributed by atoms with Gasteiger partial charge in [-0.15, -0.1) is 0 Å². The molecule has 0 amide bonds. The van der Waals surface area contributed by atoms with Crippen LogP contribution in [0.1, 0.15) is 27.7 Å². The highest BCUT2D eigenvalue weighted by Crippen LogP contribution is 2.34. The molecule has 0 N–H and O–H groups in total. The zero-order valence-electron chi connectivity index (χ0n) is 15.9. The molecule has 0 aliphatic carbocycles. The van der Waals surface area contributed by atoms with Gasteiger partial charge in [0.25, 0.3) is 0 Å². The van der Waals surface area contributed by atoms with Crippen LogP contribution in [0, 0.1) is 0 Å². The summed E-state index contributed by atoms with van der Waals surface area (Å²) < 4.78 is 16.5. The molecule has 0 aromatic heterocycles. The molecule has 0 unspecified atom stereocenters. The molecule has 0 bridgehead atoms. The van der Waals surface area contributed by atoms with Crippen LogP contribution in [0.4, 0.5) is 0 Å². The average molecular weight is 366 g/mol. The fourth-order valence-corrected chi connectivity index (χ4v) is 2.14. The Morgan fingerprint density at radius 3 is 1.67 bits per heavy atom. The summed E-state index contributed by atoms with van der Waals surface area (Å²) in [6.07, 6.45) is 0. The number of esters is 2. The van der Waals surface area contributed by atoms with Crippen molar-refractivity contribution >= 4 is 22.7 Å². The molecule has 0 heterocycles. The first-order chi connectivity index (χ1) is 12.7. The molecule has 2 aromatic rings. The van der Waals surface area contributed by atoms with Crippen molar-refractivity contribution in [2.75, 3.05) is 0 Å². The van der Waals surface area contributed by atoms with Gasteiger partial charge in [0.05, 0.1) is 0 Å². The number of benzene rings is 2. The van der Waals surface area contributed by atoms with Gasteiger partial charge in [-0.05, 0) is 39.8 Å². The van der Waals surface area contributed by atoms with E-state index in [2.05, 4.69) is 13.2 Å². The van der Waals surface area contributed by atoms with Gasteiger partial charge in [-0.1, -0.05) is 37.4 Å². The molecule has 0 saturated carbocycles. The van der Waals surface area contributed by atoms with E-state index in [1.54, 1.807) is 39.8 Å². The van der Waals surface area contributed by atoms with Crippen LogP contribution in [0.15, 0.2) is 72.2 Å². The highest BCUT2D eigenvalue weighted by Gasteiger charge is 2.14. The Hall–Kier alpha value is -3.34. The van der Waals surface area contributed by atoms with Crippen molar-refractivity contribution in [3.05, 3.63) is 72.2 Å². The number of fused-ring (bicyclic) bond motifs is 1. The van der Waals surface area contributed by atoms with E-state index in [0.717, 1.165) is 5.39 Å². The first kappa shape index (κ1) is 20.0. The lowest BCUT2D eigenvalue weighted by molar-refractivity contribution is -0.135. The summed E-state index contributed by atoms with van der Waals surface area (Å²) in [5, 5.41) is 1.47. The van der Waals surface area contributed by atoms with Gasteiger partial charge in [-0.2, -0.15) is 0 Å². The predicted molar refractivity (Wildman–Crippen MR) is 104 cm³/mol. The van der Waals surface area contributed by atoms with Gasteiger partial charge >= 0.3 is 11.9 Å². The monoisotopic (exact) mass is 366 g/mol. The number of allylic oxidation sites excluding steroid dienone is 2. The van der Waals surface area contributed by atoms with Crippen molar-refractivity contribution < 1.29 is 23.8 Å². The Morgan fingerprint density at radius 1 is 0.704 bits per heavy atom. The molecule has 0 aliphatic rings. The van der Waals surface area contributed by atoms with Crippen LogP contribution in [0.25, 0.3) is 10.8 Å². The second-order valence-corrected chi connectivity index (χ2v) is 6.16. The van der Waals surface area contributed by atoms with Crippen molar-refractivity contribution in [2.45, 2.75) is 27.7 Å². The zero-order valence-corrected chi connectivity index (χ0v) is 15.9. The second kappa shape index (κ2) is 8.36. The standard InChI is InChI=1S/C22H22O5/c1-13(2)21(23)26-16(6)15(5)25-19-11-12-20(27-22(24)14(3)4)18-10-8-7-9-17(18)19/h7-12H,1,3H2,2,4-6H3. The van der Waals surface area contributed by atoms with E-state index in [0.29, 0.717) is 39.5 Å². The normalized spacial score (nSPS) is 11.4. The fourth-order valence-electron chi connectivity index (χ4n) is 2.14. The predicted octanol–water partition coefficient (Wildman–Crippen LogP) is 5.07. The van der Waals surface area contributed by atoms with Gasteiger partial charge < -0.3 is 14.2 Å². The van der Waals surface area contributed by atoms with E-state index in [4.69, 9.17) is 14.2 Å². The number of carbonyl (C=O) groups excluding carboxylic acids is 2. The van der Waals surface area contributed by atoms with Gasteiger partial charge in [-0.25, -0.2) is 9.59 Å². The van der Waals surface area contributed by atoms with E-state index in [9.17, 15) is 9.59 Å². The first-order valence-corrected chi connectivity index (χ1v) is 8.33. The Labute approximate surface area is 158 Å². The molecule has 0 aliphatic heterocycles. The third-order valence-electron chi connectivity index (χ3n) is 3.75. The van der Waals surface area contributed by atoms with Gasteiger partial charge in [0.2, 0.25) is 0 Å². The topological polar surface area (TPSA) is 61.8 Å². The lowest BCUT2D eigenvalue weighted by atomic mass is 10.1. The number of rotatable bonds is 6. The zero-order chi connectivity index (χ0) is 20.1. The van der Waals surface area contributed by atoms with E-state index in [-0.39, 0.29) is 0 Å². The maximum Gasteiger partial charge on any atom is 0.338 e. The third-order valence-corrected chi connectivity index (χ3v) is 3.75. The van der Waals surface area contributed by atoms with Gasteiger partial charge in [0.15, 0.2) is 0 Å². The molecule has 5 heteroatoms. The molecule has 0 atom stereocenters. The largest absolute Gasteiger partial charge is 0.458 e. The molecule has 2 aromatic carbocycles. The number of hydrogen-bond donors (Lipinski definition) is 0. The Morgan fingerprint density at radius 2 is 1.19 bits per heavy atom. The average Bonchev–Trinajstić information content (AvgIpc) is 2.63. The number of hydrogen-bond acceptors (Lipinski definition) is 5. The van der Waals surface area contributed by atoms with Gasteiger partial charge in [0.1, 0.15) is 23.0 Å². The summed E-state index contributed by atoms with van der Waals surface area (Å²) in [7, 11) is 0. The second-order valence-electron chi connectivity index (χ2n) is 6.16. The molecule has 0 saturated heterocycles. The smallest absolute Gasteiger partial charge is 0.338 e. The Bertz CT molecular complexity index is 966. The highest BCUT2D eigenvalue weighted by molar-refractivity contribution is 5.97. The first-order valence-electron chi connectivity index (χ1n) is 8.33. The van der Waals surface area contributed by atoms with Gasteiger partial charge in [-0.3, -0.25) is 0 Å². The van der Waals surface area contributed by atoms with Crippen molar-refractivity contribution in [3.63, 3.8) is 0 Å².